The number of hydrogen-bond acceptors (Lipinski definition) is 2. The van der Waals surface area contributed by atoms with E-state index in [1.54, 1.807) is 0 Å². The van der Waals surface area contributed by atoms with E-state index < -0.39 is 0 Å². The van der Waals surface area contributed by atoms with Crippen molar-refractivity contribution in [2.24, 2.45) is 0 Å². The Morgan fingerprint density at radius 2 is 2.21 bits per heavy atom. The lowest BCUT2D eigenvalue weighted by Crippen LogP contribution is -2.20. The summed E-state index contributed by atoms with van der Waals surface area (Å²) in [4.78, 5) is 2.28. The maximum Gasteiger partial charge on any atom is 0.0245 e. The van der Waals surface area contributed by atoms with Gasteiger partial charge in [-0.1, -0.05) is 40.2 Å². The first-order chi connectivity index (χ1) is 9.04. The molecule has 0 heterocycles. The van der Waals surface area contributed by atoms with Crippen LogP contribution in [0.3, 0.4) is 0 Å². The van der Waals surface area contributed by atoms with Crippen LogP contribution in [0.2, 0.25) is 0 Å². The summed E-state index contributed by atoms with van der Waals surface area (Å²) in [5.74, 6) is 0. The van der Waals surface area contributed by atoms with Gasteiger partial charge in [0, 0.05) is 30.1 Å². The van der Waals surface area contributed by atoms with Crippen molar-refractivity contribution in [2.75, 3.05) is 13.6 Å². The Bertz CT molecular complexity index is 452. The molecule has 1 N–H and O–H groups in total. The third-order valence-corrected chi connectivity index (χ3v) is 4.01. The average molecular weight is 323 g/mol. The number of likely N-dealkylation sites (N-methyl/N-ethyl adjacent to an activating group) is 1. The number of hydrogen-bond donors (Lipinski definition) is 1. The third-order valence-electron chi connectivity index (χ3n) is 3.27. The molecule has 0 spiro atoms. The zero-order valence-electron chi connectivity index (χ0n) is 11.9. The molecule has 0 radical (unpaired) electrons. The van der Waals surface area contributed by atoms with Crippen molar-refractivity contribution in [2.45, 2.75) is 38.9 Å². The summed E-state index contributed by atoms with van der Waals surface area (Å²) >= 11 is 3.69. The van der Waals surface area contributed by atoms with Gasteiger partial charge in [0.1, 0.15) is 0 Å². The summed E-state index contributed by atoms with van der Waals surface area (Å²) in [6, 6.07) is 7.45. The number of benzene rings is 1. The van der Waals surface area contributed by atoms with Crippen LogP contribution in [0.25, 0.3) is 0 Å². The molecule has 19 heavy (non-hydrogen) atoms. The summed E-state index contributed by atoms with van der Waals surface area (Å²) in [7, 11) is 2.13. The molecule has 3 heteroatoms. The van der Waals surface area contributed by atoms with E-state index in [4.69, 9.17) is 0 Å². The normalized spacial score (nSPS) is 14.9. The van der Waals surface area contributed by atoms with Gasteiger partial charge in [-0.3, -0.25) is 4.90 Å². The maximum absolute atomic E-state index is 3.96. The van der Waals surface area contributed by atoms with E-state index in [2.05, 4.69) is 64.9 Å². The Hall–Kier alpha value is -0.640. The molecule has 2 nitrogen and oxygen atoms in total. The Morgan fingerprint density at radius 1 is 1.47 bits per heavy atom. The topological polar surface area (TPSA) is 15.3 Å². The number of halogens is 1. The first-order valence-corrected chi connectivity index (χ1v) is 7.67. The molecule has 1 fully saturated rings. The van der Waals surface area contributed by atoms with Crippen molar-refractivity contribution in [1.82, 2.24) is 10.2 Å². The Morgan fingerprint density at radius 3 is 2.79 bits per heavy atom. The van der Waals surface area contributed by atoms with Crippen LogP contribution in [0, 0.1) is 0 Å². The second-order valence-electron chi connectivity index (χ2n) is 5.71. The average Bonchev–Trinajstić information content (AvgIpc) is 3.12. The van der Waals surface area contributed by atoms with E-state index in [1.807, 2.05) is 0 Å². The van der Waals surface area contributed by atoms with Crippen LogP contribution in [0.4, 0.5) is 0 Å². The highest BCUT2D eigenvalue weighted by Crippen LogP contribution is 2.22. The van der Waals surface area contributed by atoms with Crippen LogP contribution in [0.5, 0.6) is 0 Å². The van der Waals surface area contributed by atoms with E-state index in [1.165, 1.54) is 34.0 Å². The fourth-order valence-electron chi connectivity index (χ4n) is 2.19. The predicted octanol–water partition coefficient (Wildman–Crippen LogP) is 3.71. The highest BCUT2D eigenvalue weighted by Gasteiger charge is 2.19. The first-order valence-electron chi connectivity index (χ1n) is 6.88. The fraction of sp³-hybridized carbons (Fsp3) is 0.500. The van der Waals surface area contributed by atoms with Gasteiger partial charge < -0.3 is 5.32 Å². The van der Waals surface area contributed by atoms with E-state index in [9.17, 15) is 0 Å². The van der Waals surface area contributed by atoms with Crippen LogP contribution < -0.4 is 5.32 Å². The zero-order valence-corrected chi connectivity index (χ0v) is 13.5. The van der Waals surface area contributed by atoms with Crippen molar-refractivity contribution >= 4 is 15.9 Å². The Labute approximate surface area is 125 Å². The van der Waals surface area contributed by atoms with Gasteiger partial charge in [-0.05, 0) is 44.0 Å². The highest BCUT2D eigenvalue weighted by molar-refractivity contribution is 9.10. The zero-order chi connectivity index (χ0) is 13.8. The van der Waals surface area contributed by atoms with Crippen LogP contribution in [-0.2, 0) is 13.1 Å². The summed E-state index contributed by atoms with van der Waals surface area (Å²) in [5.41, 5.74) is 3.88. The molecule has 1 aromatic carbocycles. The van der Waals surface area contributed by atoms with E-state index in [0.717, 1.165) is 25.7 Å². The van der Waals surface area contributed by atoms with E-state index >= 15 is 0 Å². The summed E-state index contributed by atoms with van der Waals surface area (Å²) in [6.45, 7) is 8.89. The Kier molecular flexibility index (Phi) is 5.20. The lowest BCUT2D eigenvalue weighted by molar-refractivity contribution is 0.355. The first kappa shape index (κ1) is 14.8. The van der Waals surface area contributed by atoms with Crippen molar-refractivity contribution in [1.29, 1.82) is 0 Å². The molecule has 0 aliphatic heterocycles. The summed E-state index contributed by atoms with van der Waals surface area (Å²) < 4.78 is 1.20. The van der Waals surface area contributed by atoms with Gasteiger partial charge in [0.05, 0.1) is 0 Å². The number of nitrogens with one attached hydrogen (secondary N) is 1. The quantitative estimate of drug-likeness (QED) is 0.770. The van der Waals surface area contributed by atoms with Crippen molar-refractivity contribution in [3.63, 3.8) is 0 Å². The molecule has 104 valence electrons. The van der Waals surface area contributed by atoms with Gasteiger partial charge in [0.15, 0.2) is 0 Å². The molecule has 1 aliphatic rings. The largest absolute Gasteiger partial charge is 0.310 e. The molecular formula is C16H23BrN2. The van der Waals surface area contributed by atoms with Gasteiger partial charge >= 0.3 is 0 Å². The molecule has 1 aliphatic carbocycles. The SMILES string of the molecule is C=C(C)CN(C)Cc1ccc(CNC2CC2)cc1Br. The van der Waals surface area contributed by atoms with Crippen LogP contribution in [0.15, 0.2) is 34.8 Å². The lowest BCUT2D eigenvalue weighted by atomic mass is 10.1. The highest BCUT2D eigenvalue weighted by atomic mass is 79.9. The molecule has 0 amide bonds. The van der Waals surface area contributed by atoms with Gasteiger partial charge in [-0.15, -0.1) is 0 Å². The van der Waals surface area contributed by atoms with Gasteiger partial charge in [-0.25, -0.2) is 0 Å². The van der Waals surface area contributed by atoms with Crippen molar-refractivity contribution < 1.29 is 0 Å². The van der Waals surface area contributed by atoms with Gasteiger partial charge in [0.2, 0.25) is 0 Å². The maximum atomic E-state index is 3.96. The summed E-state index contributed by atoms with van der Waals surface area (Å²) in [5, 5.41) is 3.54. The van der Waals surface area contributed by atoms with Crippen LogP contribution in [0.1, 0.15) is 30.9 Å². The fourth-order valence-corrected chi connectivity index (χ4v) is 2.74. The van der Waals surface area contributed by atoms with Crippen LogP contribution >= 0.6 is 15.9 Å². The summed E-state index contributed by atoms with van der Waals surface area (Å²) in [6.07, 6.45) is 2.68. The minimum absolute atomic E-state index is 0.764. The van der Waals surface area contributed by atoms with E-state index in [-0.39, 0.29) is 0 Å². The number of nitrogens with zero attached hydrogens (tertiary/aromatic N) is 1. The van der Waals surface area contributed by atoms with E-state index in [0.29, 0.717) is 0 Å². The molecule has 1 aromatic rings. The van der Waals surface area contributed by atoms with Gasteiger partial charge in [-0.2, -0.15) is 0 Å². The molecule has 0 atom stereocenters. The van der Waals surface area contributed by atoms with Crippen molar-refractivity contribution in [3.8, 4) is 0 Å². The number of rotatable bonds is 7. The molecule has 0 bridgehead atoms. The molecule has 0 aromatic heterocycles. The molecule has 1 saturated carbocycles. The molecule has 0 unspecified atom stereocenters. The third kappa shape index (κ3) is 5.09. The second kappa shape index (κ2) is 6.69. The van der Waals surface area contributed by atoms with Crippen LogP contribution in [-0.4, -0.2) is 24.5 Å². The standard InChI is InChI=1S/C16H23BrN2/c1-12(2)10-19(3)11-14-5-4-13(8-16(14)17)9-18-15-6-7-15/h4-5,8,15,18H,1,6-7,9-11H2,2-3H3. The minimum Gasteiger partial charge on any atom is -0.310 e. The van der Waals surface area contributed by atoms with Gasteiger partial charge in [0.25, 0.3) is 0 Å². The monoisotopic (exact) mass is 322 g/mol. The molecule has 2 rings (SSSR count). The Balaban J connectivity index is 1.91. The van der Waals surface area contributed by atoms with Crippen molar-refractivity contribution in [3.05, 3.63) is 46.0 Å². The smallest absolute Gasteiger partial charge is 0.0245 e. The second-order valence-corrected chi connectivity index (χ2v) is 6.56. The minimum atomic E-state index is 0.764. The molecular weight excluding hydrogens is 300 g/mol. The molecule has 0 saturated heterocycles. The lowest BCUT2D eigenvalue weighted by Gasteiger charge is -2.18. The predicted molar refractivity (Wildman–Crippen MR) is 85.2 cm³/mol.